The Hall–Kier alpha value is -0.160. The van der Waals surface area contributed by atoms with Crippen LogP contribution in [-0.2, 0) is 4.79 Å². The van der Waals surface area contributed by atoms with E-state index in [1.54, 1.807) is 21.0 Å². The average Bonchev–Trinajstić information content (AvgIpc) is 2.64. The zero-order valence-corrected chi connectivity index (χ0v) is 20.8. The van der Waals surface area contributed by atoms with Crippen molar-refractivity contribution in [2.75, 3.05) is 14.1 Å². The fourth-order valence-corrected chi connectivity index (χ4v) is 3.58. The van der Waals surface area contributed by atoms with Crippen molar-refractivity contribution in [1.82, 2.24) is 0 Å². The molecule has 0 spiro atoms. The van der Waals surface area contributed by atoms with Gasteiger partial charge in [0.25, 0.3) is 5.72 Å². The molecule has 176 valence electrons. The molecule has 0 aliphatic heterocycles. The standard InChI is InChI=1S/C24H50NO3.ClH/c1-6-7-8-9-10-11-12-13-14-15-16-17-18-19-20-21-23(27)24(3,28)25(4,5)22(2)26;/h22,26,28H,6-21H2,1-5H3;1H/q+1;/p-1. The number of Topliss-reactive ketones (excluding diaryl/α,β-unsaturated/α-hetero) is 1. The number of hydrogen-bond acceptors (Lipinski definition) is 3. The first-order valence-corrected chi connectivity index (χ1v) is 12.0. The molecule has 0 saturated carbocycles. The summed E-state index contributed by atoms with van der Waals surface area (Å²) in [6.45, 7) is 5.40. The highest BCUT2D eigenvalue weighted by Crippen LogP contribution is 2.24. The molecule has 0 aromatic rings. The Morgan fingerprint density at radius 2 is 1.10 bits per heavy atom. The molecule has 0 aromatic carbocycles. The van der Waals surface area contributed by atoms with Gasteiger partial charge in [-0.15, -0.1) is 0 Å². The minimum Gasteiger partial charge on any atom is -1.00 e. The molecular weight excluding hydrogens is 386 g/mol. The number of aliphatic hydroxyl groups is 2. The first-order valence-electron chi connectivity index (χ1n) is 12.0. The van der Waals surface area contributed by atoms with Crippen molar-refractivity contribution in [3.63, 3.8) is 0 Å². The summed E-state index contributed by atoms with van der Waals surface area (Å²) in [5.74, 6) is -0.173. The van der Waals surface area contributed by atoms with Gasteiger partial charge in [-0.25, -0.2) is 0 Å². The maximum atomic E-state index is 12.4. The summed E-state index contributed by atoms with van der Waals surface area (Å²) in [6, 6.07) is 0. The fourth-order valence-electron chi connectivity index (χ4n) is 3.58. The van der Waals surface area contributed by atoms with Gasteiger partial charge in [0.15, 0.2) is 6.23 Å². The highest BCUT2D eigenvalue weighted by molar-refractivity contribution is 5.84. The number of ketones is 1. The van der Waals surface area contributed by atoms with Crippen LogP contribution in [0.5, 0.6) is 0 Å². The molecule has 0 aliphatic carbocycles. The van der Waals surface area contributed by atoms with E-state index < -0.39 is 12.0 Å². The highest BCUT2D eigenvalue weighted by atomic mass is 35.5. The van der Waals surface area contributed by atoms with E-state index in [1.807, 2.05) is 0 Å². The molecule has 0 aliphatic rings. The Morgan fingerprint density at radius 1 is 0.793 bits per heavy atom. The average molecular weight is 436 g/mol. The van der Waals surface area contributed by atoms with Crippen LogP contribution in [0.3, 0.4) is 0 Å². The van der Waals surface area contributed by atoms with Gasteiger partial charge in [0.1, 0.15) is 0 Å². The number of unbranched alkanes of at least 4 members (excludes halogenated alkanes) is 14. The predicted molar refractivity (Wildman–Crippen MR) is 119 cm³/mol. The number of hydrogen-bond donors (Lipinski definition) is 2. The molecule has 0 radical (unpaired) electrons. The zero-order chi connectivity index (χ0) is 21.5. The van der Waals surface area contributed by atoms with Crippen LogP contribution in [0.25, 0.3) is 0 Å². The fraction of sp³-hybridized carbons (Fsp3) is 0.958. The van der Waals surface area contributed by atoms with Crippen LogP contribution in [0.2, 0.25) is 0 Å². The number of nitrogens with zero attached hydrogens (tertiary/aromatic N) is 1. The number of quaternary nitrogens is 1. The summed E-state index contributed by atoms with van der Waals surface area (Å²) in [6.07, 6.45) is 19.0. The summed E-state index contributed by atoms with van der Waals surface area (Å²) in [5, 5.41) is 20.4. The van der Waals surface area contributed by atoms with Crippen LogP contribution < -0.4 is 12.4 Å². The van der Waals surface area contributed by atoms with Gasteiger partial charge in [-0.3, -0.25) is 9.28 Å². The summed E-state index contributed by atoms with van der Waals surface area (Å²) >= 11 is 0. The molecule has 2 unspecified atom stereocenters. The lowest BCUT2D eigenvalue weighted by atomic mass is 9.99. The van der Waals surface area contributed by atoms with E-state index in [1.165, 1.54) is 90.4 Å². The van der Waals surface area contributed by atoms with E-state index in [2.05, 4.69) is 6.92 Å². The van der Waals surface area contributed by atoms with Gasteiger partial charge in [-0.2, -0.15) is 0 Å². The van der Waals surface area contributed by atoms with Gasteiger partial charge in [0, 0.05) is 20.3 Å². The molecule has 0 rings (SSSR count). The van der Waals surface area contributed by atoms with Crippen molar-refractivity contribution in [2.45, 2.75) is 135 Å². The number of aliphatic hydroxyl groups excluding tert-OH is 1. The van der Waals surface area contributed by atoms with Crippen molar-refractivity contribution < 1.29 is 31.9 Å². The number of carbonyl (C=O) groups excluding carboxylic acids is 1. The SMILES string of the molecule is CCCCCCCCCCCCCCCCCC(=O)C(C)(O)[N+](C)(C)C(C)O.[Cl-]. The normalized spacial score (nSPS) is 14.9. The van der Waals surface area contributed by atoms with E-state index in [4.69, 9.17) is 0 Å². The lowest BCUT2D eigenvalue weighted by Gasteiger charge is -2.43. The van der Waals surface area contributed by atoms with Crippen LogP contribution in [0, 0.1) is 0 Å². The topological polar surface area (TPSA) is 57.5 Å². The number of likely N-dealkylation sites (N-methyl/N-ethyl adjacent to an activating group) is 1. The lowest BCUT2D eigenvalue weighted by Crippen LogP contribution is -3.00. The monoisotopic (exact) mass is 435 g/mol. The second-order valence-electron chi connectivity index (χ2n) is 9.32. The minimum atomic E-state index is -1.54. The zero-order valence-electron chi connectivity index (χ0n) is 20.0. The largest absolute Gasteiger partial charge is 1.00 e. The van der Waals surface area contributed by atoms with Crippen LogP contribution in [-0.4, -0.2) is 46.5 Å². The number of carbonyl (C=O) groups is 1. The third-order valence-electron chi connectivity index (χ3n) is 6.59. The molecule has 0 aromatic heterocycles. The molecule has 2 atom stereocenters. The van der Waals surface area contributed by atoms with Gasteiger partial charge in [0.05, 0.1) is 14.1 Å². The van der Waals surface area contributed by atoms with Crippen LogP contribution in [0.4, 0.5) is 0 Å². The van der Waals surface area contributed by atoms with E-state index >= 15 is 0 Å². The highest BCUT2D eigenvalue weighted by Gasteiger charge is 2.48. The van der Waals surface area contributed by atoms with Crippen LogP contribution in [0.1, 0.15) is 124 Å². The Kier molecular flexibility index (Phi) is 18.7. The summed E-state index contributed by atoms with van der Waals surface area (Å²) < 4.78 is -0.120. The van der Waals surface area contributed by atoms with Gasteiger partial charge in [-0.1, -0.05) is 96.8 Å². The molecule has 29 heavy (non-hydrogen) atoms. The Balaban J connectivity index is 0. The molecule has 4 nitrogen and oxygen atoms in total. The molecule has 0 heterocycles. The quantitative estimate of drug-likeness (QED) is 0.186. The number of rotatable bonds is 19. The molecule has 2 N–H and O–H groups in total. The van der Waals surface area contributed by atoms with Gasteiger partial charge in [0.2, 0.25) is 5.78 Å². The minimum absolute atomic E-state index is 0. The van der Waals surface area contributed by atoms with E-state index in [0.717, 1.165) is 12.8 Å². The van der Waals surface area contributed by atoms with Crippen molar-refractivity contribution in [3.8, 4) is 0 Å². The second kappa shape index (κ2) is 17.5. The summed E-state index contributed by atoms with van der Waals surface area (Å²) in [5.41, 5.74) is -1.54. The maximum Gasteiger partial charge on any atom is 0.260 e. The predicted octanol–water partition coefficient (Wildman–Crippen LogP) is 2.94. The van der Waals surface area contributed by atoms with E-state index in [9.17, 15) is 15.0 Å². The van der Waals surface area contributed by atoms with E-state index in [-0.39, 0.29) is 22.7 Å². The molecule has 0 amide bonds. The van der Waals surface area contributed by atoms with Crippen molar-refractivity contribution in [2.24, 2.45) is 0 Å². The number of halogens is 1. The molecular formula is C24H50ClNO3. The molecule has 0 fully saturated rings. The van der Waals surface area contributed by atoms with Gasteiger partial charge in [-0.05, 0) is 6.42 Å². The Morgan fingerprint density at radius 3 is 1.41 bits per heavy atom. The molecule has 5 heteroatoms. The summed E-state index contributed by atoms with van der Waals surface area (Å²) in [4.78, 5) is 12.4. The third-order valence-corrected chi connectivity index (χ3v) is 6.59. The Labute approximate surface area is 187 Å². The first kappa shape index (κ1) is 31.0. The maximum absolute atomic E-state index is 12.4. The third kappa shape index (κ3) is 13.0. The smallest absolute Gasteiger partial charge is 0.260 e. The second-order valence-corrected chi connectivity index (χ2v) is 9.32. The van der Waals surface area contributed by atoms with Crippen molar-refractivity contribution >= 4 is 5.78 Å². The van der Waals surface area contributed by atoms with Crippen LogP contribution in [0.15, 0.2) is 0 Å². The van der Waals surface area contributed by atoms with Crippen molar-refractivity contribution in [3.05, 3.63) is 0 Å². The Bertz CT molecular complexity index is 398. The lowest BCUT2D eigenvalue weighted by molar-refractivity contribution is -0.991. The van der Waals surface area contributed by atoms with E-state index in [0.29, 0.717) is 6.42 Å². The molecule has 0 bridgehead atoms. The first-order chi connectivity index (χ1) is 13.2. The van der Waals surface area contributed by atoms with Gasteiger partial charge < -0.3 is 22.6 Å². The van der Waals surface area contributed by atoms with Crippen LogP contribution >= 0.6 is 0 Å². The summed E-state index contributed by atoms with van der Waals surface area (Å²) in [7, 11) is 3.38. The van der Waals surface area contributed by atoms with Gasteiger partial charge >= 0.3 is 0 Å². The van der Waals surface area contributed by atoms with Crippen molar-refractivity contribution in [1.29, 1.82) is 0 Å². The molecule has 0 saturated heterocycles.